The first kappa shape index (κ1) is 22.6. The van der Waals surface area contributed by atoms with Crippen LogP contribution in [0.2, 0.25) is 5.02 Å². The van der Waals surface area contributed by atoms with Crippen LogP contribution in [0.3, 0.4) is 0 Å². The van der Waals surface area contributed by atoms with Gasteiger partial charge in [-0.3, -0.25) is 9.59 Å². The SMILES string of the molecule is CC(=O)NCCOc1cc(F)ccc1C(=O)N1CC(=N)C(c2nc(C)c(Cl)c(C)n2)C1. The van der Waals surface area contributed by atoms with Crippen molar-refractivity contribution < 1.29 is 18.7 Å². The van der Waals surface area contributed by atoms with Crippen LogP contribution in [0.1, 0.15) is 40.4 Å². The van der Waals surface area contributed by atoms with E-state index in [1.807, 2.05) is 0 Å². The van der Waals surface area contributed by atoms with Crippen LogP contribution in [-0.4, -0.2) is 58.6 Å². The van der Waals surface area contributed by atoms with E-state index in [-0.39, 0.29) is 49.4 Å². The quantitative estimate of drug-likeness (QED) is 0.662. The number of nitrogens with one attached hydrogen (secondary N) is 2. The summed E-state index contributed by atoms with van der Waals surface area (Å²) in [5, 5.41) is 11.4. The minimum atomic E-state index is -0.543. The zero-order valence-corrected chi connectivity index (χ0v) is 18.2. The van der Waals surface area contributed by atoms with Gasteiger partial charge in [0.2, 0.25) is 5.91 Å². The van der Waals surface area contributed by atoms with Crippen molar-refractivity contribution >= 4 is 29.1 Å². The van der Waals surface area contributed by atoms with Crippen LogP contribution < -0.4 is 10.1 Å². The molecule has 1 aromatic carbocycles. The molecule has 0 radical (unpaired) electrons. The summed E-state index contributed by atoms with van der Waals surface area (Å²) in [5.41, 5.74) is 1.73. The summed E-state index contributed by atoms with van der Waals surface area (Å²) in [6.45, 7) is 5.55. The van der Waals surface area contributed by atoms with Gasteiger partial charge in [-0.1, -0.05) is 11.6 Å². The topological polar surface area (TPSA) is 108 Å². The average molecular weight is 448 g/mol. The van der Waals surface area contributed by atoms with E-state index < -0.39 is 11.7 Å². The number of nitrogens with zero attached hydrogens (tertiary/aromatic N) is 3. The third kappa shape index (κ3) is 5.16. The Bertz CT molecular complexity index is 1020. The van der Waals surface area contributed by atoms with E-state index in [0.717, 1.165) is 6.07 Å². The van der Waals surface area contributed by atoms with Crippen LogP contribution >= 0.6 is 11.6 Å². The molecular weight excluding hydrogens is 425 g/mol. The molecule has 1 fully saturated rings. The van der Waals surface area contributed by atoms with Gasteiger partial charge >= 0.3 is 0 Å². The van der Waals surface area contributed by atoms with Crippen LogP contribution in [0.15, 0.2) is 18.2 Å². The number of rotatable bonds is 6. The number of likely N-dealkylation sites (tertiary alicyclic amines) is 1. The Morgan fingerprint density at radius 2 is 2.00 bits per heavy atom. The lowest BCUT2D eigenvalue weighted by Gasteiger charge is -2.18. The predicted octanol–water partition coefficient (Wildman–Crippen LogP) is 2.66. The fourth-order valence-electron chi connectivity index (χ4n) is 3.34. The molecule has 1 saturated heterocycles. The maximum atomic E-state index is 13.7. The lowest BCUT2D eigenvalue weighted by molar-refractivity contribution is -0.119. The van der Waals surface area contributed by atoms with Crippen LogP contribution in [0.4, 0.5) is 4.39 Å². The molecule has 31 heavy (non-hydrogen) atoms. The van der Waals surface area contributed by atoms with E-state index in [1.54, 1.807) is 13.8 Å². The van der Waals surface area contributed by atoms with Crippen LogP contribution in [0, 0.1) is 25.1 Å². The van der Waals surface area contributed by atoms with E-state index in [9.17, 15) is 14.0 Å². The van der Waals surface area contributed by atoms with E-state index in [2.05, 4.69) is 15.3 Å². The smallest absolute Gasteiger partial charge is 0.257 e. The van der Waals surface area contributed by atoms with Gasteiger partial charge in [-0.25, -0.2) is 14.4 Å². The molecule has 2 heterocycles. The summed E-state index contributed by atoms with van der Waals surface area (Å²) in [6.07, 6.45) is 0. The molecule has 8 nitrogen and oxygen atoms in total. The molecule has 0 spiro atoms. The minimum absolute atomic E-state index is 0.0823. The zero-order valence-electron chi connectivity index (χ0n) is 17.5. The monoisotopic (exact) mass is 447 g/mol. The molecule has 2 amide bonds. The highest BCUT2D eigenvalue weighted by atomic mass is 35.5. The van der Waals surface area contributed by atoms with Gasteiger partial charge in [-0.15, -0.1) is 0 Å². The fraction of sp³-hybridized carbons (Fsp3) is 0.381. The molecule has 1 aliphatic rings. The van der Waals surface area contributed by atoms with Gasteiger partial charge in [-0.2, -0.15) is 0 Å². The number of aromatic nitrogens is 2. The highest BCUT2D eigenvalue weighted by Gasteiger charge is 2.35. The van der Waals surface area contributed by atoms with Crippen molar-refractivity contribution in [3.8, 4) is 5.75 Å². The lowest BCUT2D eigenvalue weighted by atomic mass is 10.1. The summed E-state index contributed by atoms with van der Waals surface area (Å²) >= 11 is 6.14. The third-order valence-corrected chi connectivity index (χ3v) is 5.44. The molecule has 0 saturated carbocycles. The molecular formula is C21H23ClFN5O3. The third-order valence-electron chi connectivity index (χ3n) is 4.89. The Labute approximate surface area is 184 Å². The van der Waals surface area contributed by atoms with Crippen molar-refractivity contribution in [2.24, 2.45) is 0 Å². The molecule has 10 heteroatoms. The molecule has 2 aromatic rings. The first-order chi connectivity index (χ1) is 14.7. The van der Waals surface area contributed by atoms with Crippen LogP contribution in [-0.2, 0) is 4.79 Å². The number of carbonyl (C=O) groups excluding carboxylic acids is 2. The summed E-state index contributed by atoms with van der Waals surface area (Å²) in [7, 11) is 0. The van der Waals surface area contributed by atoms with E-state index in [4.69, 9.17) is 21.7 Å². The van der Waals surface area contributed by atoms with Crippen molar-refractivity contribution in [3.05, 3.63) is 51.8 Å². The number of ether oxygens (including phenoxy) is 1. The van der Waals surface area contributed by atoms with Crippen molar-refractivity contribution in [1.82, 2.24) is 20.2 Å². The predicted molar refractivity (Wildman–Crippen MR) is 113 cm³/mol. The summed E-state index contributed by atoms with van der Waals surface area (Å²) in [6, 6.07) is 3.67. The number of hydrogen-bond donors (Lipinski definition) is 2. The maximum Gasteiger partial charge on any atom is 0.257 e. The van der Waals surface area contributed by atoms with Crippen molar-refractivity contribution in [2.45, 2.75) is 26.7 Å². The van der Waals surface area contributed by atoms with Crippen LogP contribution in [0.25, 0.3) is 0 Å². The molecule has 0 aliphatic carbocycles. The first-order valence-electron chi connectivity index (χ1n) is 9.71. The Hall–Kier alpha value is -3.07. The number of aryl methyl sites for hydroxylation is 2. The number of amides is 2. The highest BCUT2D eigenvalue weighted by Crippen LogP contribution is 2.28. The summed E-state index contributed by atoms with van der Waals surface area (Å²) in [5.74, 6) is -1.05. The number of benzene rings is 1. The van der Waals surface area contributed by atoms with E-state index >= 15 is 0 Å². The second-order valence-corrected chi connectivity index (χ2v) is 7.68. The Balaban J connectivity index is 1.78. The molecule has 1 unspecified atom stereocenters. The van der Waals surface area contributed by atoms with E-state index in [1.165, 1.54) is 24.0 Å². The lowest BCUT2D eigenvalue weighted by Crippen LogP contribution is -2.30. The van der Waals surface area contributed by atoms with Gasteiger partial charge in [0.25, 0.3) is 5.91 Å². The number of hydrogen-bond acceptors (Lipinski definition) is 6. The molecule has 1 aromatic heterocycles. The van der Waals surface area contributed by atoms with Crippen molar-refractivity contribution in [3.63, 3.8) is 0 Å². The number of carbonyl (C=O) groups is 2. The van der Waals surface area contributed by atoms with Gasteiger partial charge < -0.3 is 20.4 Å². The van der Waals surface area contributed by atoms with Gasteiger partial charge in [0.05, 0.1) is 41.0 Å². The summed E-state index contributed by atoms with van der Waals surface area (Å²) in [4.78, 5) is 34.4. The normalized spacial score (nSPS) is 15.8. The molecule has 1 aliphatic heterocycles. The number of halogens is 2. The molecule has 164 valence electrons. The van der Waals surface area contributed by atoms with Gasteiger partial charge in [-0.05, 0) is 26.0 Å². The second-order valence-electron chi connectivity index (χ2n) is 7.30. The molecule has 3 rings (SSSR count). The Morgan fingerprint density at radius 1 is 1.32 bits per heavy atom. The average Bonchev–Trinajstić information content (AvgIpc) is 3.10. The standard InChI is InChI=1S/C21H23ClFN5O3/c1-11-19(22)12(2)27-20(26-11)16-9-28(10-17(16)24)21(30)15-5-4-14(23)8-18(15)31-7-6-25-13(3)29/h4-5,8,16,24H,6-7,9-10H2,1-3H3,(H,25,29). The largest absolute Gasteiger partial charge is 0.491 e. The van der Waals surface area contributed by atoms with Crippen molar-refractivity contribution in [2.75, 3.05) is 26.2 Å². The van der Waals surface area contributed by atoms with Crippen LogP contribution in [0.5, 0.6) is 5.75 Å². The summed E-state index contributed by atoms with van der Waals surface area (Å²) < 4.78 is 19.3. The second kappa shape index (κ2) is 9.38. The van der Waals surface area contributed by atoms with Crippen molar-refractivity contribution in [1.29, 1.82) is 5.41 Å². The zero-order chi connectivity index (χ0) is 22.7. The minimum Gasteiger partial charge on any atom is -0.491 e. The Morgan fingerprint density at radius 3 is 2.65 bits per heavy atom. The van der Waals surface area contributed by atoms with Gasteiger partial charge in [0, 0.05) is 25.2 Å². The molecule has 2 N–H and O–H groups in total. The van der Waals surface area contributed by atoms with E-state index in [0.29, 0.717) is 27.9 Å². The van der Waals surface area contributed by atoms with Gasteiger partial charge in [0.15, 0.2) is 0 Å². The Kier molecular flexibility index (Phi) is 6.84. The molecule has 1 atom stereocenters. The highest BCUT2D eigenvalue weighted by molar-refractivity contribution is 6.31. The maximum absolute atomic E-state index is 13.7. The van der Waals surface area contributed by atoms with Gasteiger partial charge in [0.1, 0.15) is 24.0 Å². The molecule has 0 bridgehead atoms. The fourth-order valence-corrected chi connectivity index (χ4v) is 3.42. The first-order valence-corrected chi connectivity index (χ1v) is 10.1.